The summed E-state index contributed by atoms with van der Waals surface area (Å²) in [5.41, 5.74) is 0. The van der Waals surface area contributed by atoms with Crippen molar-refractivity contribution in [1.82, 2.24) is 0 Å². The van der Waals surface area contributed by atoms with Gasteiger partial charge in [0.2, 0.25) is 0 Å². The van der Waals surface area contributed by atoms with Crippen molar-refractivity contribution in [2.75, 3.05) is 0 Å². The van der Waals surface area contributed by atoms with Gasteiger partial charge in [-0.05, 0) is 18.2 Å². The quantitative estimate of drug-likeness (QED) is 0.429. The lowest BCUT2D eigenvalue weighted by Gasteiger charge is -1.97. The number of phenols is 2. The fourth-order valence-corrected chi connectivity index (χ4v) is 0.853. The lowest BCUT2D eigenvalue weighted by molar-refractivity contribution is 0.402. The fraction of sp³-hybridized carbons (Fsp3) is 0. The minimum atomic E-state index is -0.223. The zero-order valence-corrected chi connectivity index (χ0v) is 5.80. The molecule has 0 fully saturated rings. The maximum Gasteiger partial charge on any atom is 0.158 e. The van der Waals surface area contributed by atoms with Crippen LogP contribution >= 0.6 is 12.0 Å². The Kier molecular flexibility index (Phi) is 2.03. The van der Waals surface area contributed by atoms with Gasteiger partial charge < -0.3 is 14.8 Å². The first-order valence-electron chi connectivity index (χ1n) is 2.57. The first-order chi connectivity index (χ1) is 4.74. The zero-order valence-electron chi connectivity index (χ0n) is 4.98. The van der Waals surface area contributed by atoms with E-state index in [-0.39, 0.29) is 11.5 Å². The van der Waals surface area contributed by atoms with E-state index in [1.54, 1.807) is 0 Å². The van der Waals surface area contributed by atoms with E-state index in [1.807, 2.05) is 0 Å². The Labute approximate surface area is 62.1 Å². The summed E-state index contributed by atoms with van der Waals surface area (Å²) in [4.78, 5) is 0.496. The summed E-state index contributed by atoms with van der Waals surface area (Å²) in [6, 6.07) is 4.09. The molecule has 4 heteroatoms. The van der Waals surface area contributed by atoms with Gasteiger partial charge in [0.05, 0.1) is 0 Å². The van der Waals surface area contributed by atoms with Crippen molar-refractivity contribution in [3.63, 3.8) is 0 Å². The predicted octanol–water partition coefficient (Wildman–Crippen LogP) is 1.66. The maximum atomic E-state index is 8.86. The molecule has 0 radical (unpaired) electrons. The van der Waals surface area contributed by atoms with Gasteiger partial charge >= 0.3 is 0 Å². The number of rotatable bonds is 1. The SMILES string of the molecule is OSc1ccc(O)c(O)c1. The summed E-state index contributed by atoms with van der Waals surface area (Å²) in [7, 11) is 0. The van der Waals surface area contributed by atoms with E-state index >= 15 is 0 Å². The molecule has 3 nitrogen and oxygen atoms in total. The number of hydrogen-bond donors (Lipinski definition) is 3. The summed E-state index contributed by atoms with van der Waals surface area (Å²) in [5.74, 6) is -0.406. The van der Waals surface area contributed by atoms with Crippen molar-refractivity contribution in [2.24, 2.45) is 0 Å². The Morgan fingerprint density at radius 3 is 2.30 bits per heavy atom. The molecule has 0 saturated heterocycles. The van der Waals surface area contributed by atoms with Gasteiger partial charge in [0.15, 0.2) is 11.5 Å². The highest BCUT2D eigenvalue weighted by atomic mass is 32.2. The maximum absolute atomic E-state index is 8.86. The molecule has 3 N–H and O–H groups in total. The van der Waals surface area contributed by atoms with E-state index in [1.165, 1.54) is 18.2 Å². The third-order valence-corrected chi connectivity index (χ3v) is 1.52. The molecule has 1 rings (SSSR count). The molecule has 0 spiro atoms. The lowest BCUT2D eigenvalue weighted by Crippen LogP contribution is -1.70. The topological polar surface area (TPSA) is 60.7 Å². The number of benzene rings is 1. The standard InChI is InChI=1S/C6H6O3S/c7-5-2-1-4(10-9)3-6(5)8/h1-3,7-9H. The molecule has 0 heterocycles. The fourth-order valence-electron chi connectivity index (χ4n) is 0.560. The molecule has 0 unspecified atom stereocenters. The molecular weight excluding hydrogens is 152 g/mol. The minimum Gasteiger partial charge on any atom is -0.504 e. The van der Waals surface area contributed by atoms with E-state index in [0.29, 0.717) is 16.9 Å². The van der Waals surface area contributed by atoms with Crippen LogP contribution in [0.5, 0.6) is 11.5 Å². The highest BCUT2D eigenvalue weighted by molar-refractivity contribution is 7.93. The first kappa shape index (κ1) is 7.24. The van der Waals surface area contributed by atoms with Crippen molar-refractivity contribution in [3.8, 4) is 11.5 Å². The van der Waals surface area contributed by atoms with E-state index in [0.717, 1.165) is 0 Å². The van der Waals surface area contributed by atoms with E-state index < -0.39 is 0 Å². The van der Waals surface area contributed by atoms with Crippen LogP contribution in [0, 0.1) is 0 Å². The van der Waals surface area contributed by atoms with Gasteiger partial charge in [0.25, 0.3) is 0 Å². The van der Waals surface area contributed by atoms with Crippen molar-refractivity contribution < 1.29 is 14.8 Å². The Morgan fingerprint density at radius 1 is 1.10 bits per heavy atom. The summed E-state index contributed by atoms with van der Waals surface area (Å²) >= 11 is 0.521. The first-order valence-corrected chi connectivity index (χ1v) is 3.35. The molecular formula is C6H6O3S. The van der Waals surface area contributed by atoms with Crippen molar-refractivity contribution in [2.45, 2.75) is 4.90 Å². The second-order valence-corrected chi connectivity index (χ2v) is 2.40. The second kappa shape index (κ2) is 2.81. The Bertz CT molecular complexity index is 236. The number of hydrogen-bond acceptors (Lipinski definition) is 4. The average Bonchev–Trinajstić information content (AvgIpc) is 1.95. The van der Waals surface area contributed by atoms with Gasteiger partial charge in [-0.25, -0.2) is 0 Å². The van der Waals surface area contributed by atoms with Crippen LogP contribution in [0.2, 0.25) is 0 Å². The smallest absolute Gasteiger partial charge is 0.158 e. The van der Waals surface area contributed by atoms with Crippen LogP contribution in [0.25, 0.3) is 0 Å². The Balaban J connectivity index is 3.04. The molecule has 0 aliphatic rings. The molecule has 0 aromatic heterocycles. The van der Waals surface area contributed by atoms with Gasteiger partial charge in [-0.1, -0.05) is 0 Å². The highest BCUT2D eigenvalue weighted by Gasteiger charge is 1.98. The molecule has 1 aromatic carbocycles. The van der Waals surface area contributed by atoms with Crippen LogP contribution < -0.4 is 0 Å². The van der Waals surface area contributed by atoms with Crippen molar-refractivity contribution in [1.29, 1.82) is 0 Å². The van der Waals surface area contributed by atoms with Crippen LogP contribution in [0.4, 0.5) is 0 Å². The summed E-state index contributed by atoms with van der Waals surface area (Å²) in [6.45, 7) is 0. The molecule has 0 atom stereocenters. The molecule has 54 valence electrons. The molecule has 0 amide bonds. The van der Waals surface area contributed by atoms with E-state index in [9.17, 15) is 0 Å². The minimum absolute atomic E-state index is 0.183. The number of phenolic OH excluding ortho intramolecular Hbond substituents is 2. The predicted molar refractivity (Wildman–Crippen MR) is 38.3 cm³/mol. The van der Waals surface area contributed by atoms with E-state index in [4.69, 9.17) is 14.8 Å². The van der Waals surface area contributed by atoms with E-state index in [2.05, 4.69) is 0 Å². The monoisotopic (exact) mass is 158 g/mol. The van der Waals surface area contributed by atoms with Crippen molar-refractivity contribution >= 4 is 12.0 Å². The van der Waals surface area contributed by atoms with Gasteiger partial charge in [-0.15, -0.1) is 0 Å². The second-order valence-electron chi connectivity index (χ2n) is 1.74. The van der Waals surface area contributed by atoms with Crippen LogP contribution in [0.3, 0.4) is 0 Å². The van der Waals surface area contributed by atoms with Gasteiger partial charge in [0.1, 0.15) is 0 Å². The van der Waals surface area contributed by atoms with Gasteiger partial charge in [-0.3, -0.25) is 0 Å². The van der Waals surface area contributed by atoms with Crippen LogP contribution in [-0.4, -0.2) is 14.8 Å². The summed E-state index contributed by atoms with van der Waals surface area (Å²) in [6.07, 6.45) is 0. The third-order valence-electron chi connectivity index (χ3n) is 1.05. The van der Waals surface area contributed by atoms with Crippen LogP contribution in [0.15, 0.2) is 23.1 Å². The molecule has 0 aliphatic carbocycles. The van der Waals surface area contributed by atoms with Crippen LogP contribution in [0.1, 0.15) is 0 Å². The number of aromatic hydroxyl groups is 2. The molecule has 0 aliphatic heterocycles. The van der Waals surface area contributed by atoms with Gasteiger partial charge in [-0.2, -0.15) is 0 Å². The Morgan fingerprint density at radius 2 is 1.80 bits per heavy atom. The normalized spacial score (nSPS) is 9.70. The summed E-state index contributed by atoms with van der Waals surface area (Å²) < 4.78 is 8.48. The third kappa shape index (κ3) is 1.34. The lowest BCUT2D eigenvalue weighted by atomic mass is 10.3. The van der Waals surface area contributed by atoms with Crippen molar-refractivity contribution in [3.05, 3.63) is 18.2 Å². The zero-order chi connectivity index (χ0) is 7.56. The molecule has 10 heavy (non-hydrogen) atoms. The Hall–Kier alpha value is -0.870. The molecule has 1 aromatic rings. The van der Waals surface area contributed by atoms with Crippen LogP contribution in [-0.2, 0) is 0 Å². The molecule has 0 saturated carbocycles. The molecule has 0 bridgehead atoms. The average molecular weight is 158 g/mol. The summed E-state index contributed by atoms with van der Waals surface area (Å²) in [5, 5.41) is 17.7. The largest absolute Gasteiger partial charge is 0.504 e. The highest BCUT2D eigenvalue weighted by Crippen LogP contribution is 2.28. The van der Waals surface area contributed by atoms with Gasteiger partial charge in [0, 0.05) is 16.9 Å².